The maximum absolute atomic E-state index is 11.4. The fourth-order valence-corrected chi connectivity index (χ4v) is 1.83. The molecule has 2 rings (SSSR count). The second-order valence-electron chi connectivity index (χ2n) is 3.77. The van der Waals surface area contributed by atoms with Crippen molar-refractivity contribution in [2.24, 2.45) is 0 Å². The molecule has 0 unspecified atom stereocenters. The minimum Gasteiger partial charge on any atom is -0.461 e. The Bertz CT molecular complexity index is 356. The number of imidazole rings is 1. The standard InChI is InChI=1S/C11H16N2O3/c1-2-16-11(14)10-7-13(8-12-10)9-3-5-15-6-4-9/h7-9H,2-6H2,1H3. The van der Waals surface area contributed by atoms with Gasteiger partial charge in [0.25, 0.3) is 0 Å². The smallest absolute Gasteiger partial charge is 0.358 e. The molecule has 5 nitrogen and oxygen atoms in total. The normalized spacial score (nSPS) is 17.3. The molecule has 1 aromatic rings. The van der Waals surface area contributed by atoms with Crippen molar-refractivity contribution in [3.05, 3.63) is 18.2 Å². The summed E-state index contributed by atoms with van der Waals surface area (Å²) in [7, 11) is 0. The average Bonchev–Trinajstić information content (AvgIpc) is 2.80. The SMILES string of the molecule is CCOC(=O)c1cn(C2CCOCC2)cn1. The Morgan fingerprint density at radius 1 is 1.62 bits per heavy atom. The third-order valence-corrected chi connectivity index (χ3v) is 2.70. The molecule has 0 spiro atoms. The summed E-state index contributed by atoms with van der Waals surface area (Å²) >= 11 is 0. The maximum Gasteiger partial charge on any atom is 0.358 e. The van der Waals surface area contributed by atoms with Gasteiger partial charge in [0.1, 0.15) is 0 Å². The van der Waals surface area contributed by atoms with Crippen molar-refractivity contribution in [3.8, 4) is 0 Å². The van der Waals surface area contributed by atoms with Crippen LogP contribution in [0.3, 0.4) is 0 Å². The van der Waals surface area contributed by atoms with Gasteiger partial charge in [0.15, 0.2) is 5.69 Å². The van der Waals surface area contributed by atoms with Gasteiger partial charge in [0.05, 0.1) is 12.9 Å². The third-order valence-electron chi connectivity index (χ3n) is 2.70. The number of carbonyl (C=O) groups excluding carboxylic acids is 1. The van der Waals surface area contributed by atoms with Crippen molar-refractivity contribution in [2.45, 2.75) is 25.8 Å². The lowest BCUT2D eigenvalue weighted by Crippen LogP contribution is -2.18. The zero-order valence-corrected chi connectivity index (χ0v) is 9.39. The van der Waals surface area contributed by atoms with Gasteiger partial charge in [-0.15, -0.1) is 0 Å². The minimum atomic E-state index is -0.353. The first-order chi connectivity index (χ1) is 7.81. The summed E-state index contributed by atoms with van der Waals surface area (Å²) in [5.74, 6) is -0.353. The molecule has 0 aliphatic carbocycles. The van der Waals surface area contributed by atoms with Gasteiger partial charge >= 0.3 is 5.97 Å². The molecule has 1 saturated heterocycles. The summed E-state index contributed by atoms with van der Waals surface area (Å²) < 4.78 is 12.2. The highest BCUT2D eigenvalue weighted by atomic mass is 16.5. The lowest BCUT2D eigenvalue weighted by atomic mass is 10.1. The van der Waals surface area contributed by atoms with E-state index in [9.17, 15) is 4.79 Å². The number of carbonyl (C=O) groups is 1. The highest BCUT2D eigenvalue weighted by Gasteiger charge is 2.18. The van der Waals surface area contributed by atoms with Crippen LogP contribution in [0.5, 0.6) is 0 Å². The Labute approximate surface area is 94.4 Å². The fourth-order valence-electron chi connectivity index (χ4n) is 1.83. The van der Waals surface area contributed by atoms with Gasteiger partial charge in [0, 0.05) is 25.5 Å². The summed E-state index contributed by atoms with van der Waals surface area (Å²) in [6.07, 6.45) is 5.40. The number of hydrogen-bond acceptors (Lipinski definition) is 4. The number of ether oxygens (including phenoxy) is 2. The molecule has 16 heavy (non-hydrogen) atoms. The Hall–Kier alpha value is -1.36. The van der Waals surface area contributed by atoms with E-state index in [1.54, 1.807) is 19.4 Å². The van der Waals surface area contributed by atoms with Crippen LogP contribution in [0.1, 0.15) is 36.3 Å². The van der Waals surface area contributed by atoms with Gasteiger partial charge in [-0.2, -0.15) is 0 Å². The number of rotatable bonds is 3. The van der Waals surface area contributed by atoms with Crippen LogP contribution in [0.25, 0.3) is 0 Å². The molecule has 1 aromatic heterocycles. The van der Waals surface area contributed by atoms with E-state index in [1.165, 1.54) is 0 Å². The summed E-state index contributed by atoms with van der Waals surface area (Å²) in [5, 5.41) is 0. The van der Waals surface area contributed by atoms with E-state index in [0.717, 1.165) is 26.1 Å². The number of hydrogen-bond donors (Lipinski definition) is 0. The summed E-state index contributed by atoms with van der Waals surface area (Å²) in [5.41, 5.74) is 0.383. The van der Waals surface area contributed by atoms with Crippen LogP contribution < -0.4 is 0 Å². The minimum absolute atomic E-state index is 0.353. The molecule has 0 bridgehead atoms. The molecule has 1 fully saturated rings. The molecule has 2 heterocycles. The van der Waals surface area contributed by atoms with Crippen LogP contribution in [0.4, 0.5) is 0 Å². The van der Waals surface area contributed by atoms with E-state index < -0.39 is 0 Å². The van der Waals surface area contributed by atoms with Crippen LogP contribution in [0.2, 0.25) is 0 Å². The molecular formula is C11H16N2O3. The number of esters is 1. The molecule has 0 saturated carbocycles. The summed E-state index contributed by atoms with van der Waals surface area (Å²) in [4.78, 5) is 15.5. The van der Waals surface area contributed by atoms with Crippen LogP contribution in [-0.2, 0) is 9.47 Å². The second-order valence-corrected chi connectivity index (χ2v) is 3.77. The molecule has 1 aliphatic heterocycles. The molecule has 0 atom stereocenters. The van der Waals surface area contributed by atoms with Crippen molar-refractivity contribution in [1.29, 1.82) is 0 Å². The van der Waals surface area contributed by atoms with Crippen molar-refractivity contribution in [2.75, 3.05) is 19.8 Å². The molecule has 5 heteroatoms. The first-order valence-corrected chi connectivity index (χ1v) is 5.59. The van der Waals surface area contributed by atoms with Crippen LogP contribution in [0.15, 0.2) is 12.5 Å². The Balaban J connectivity index is 2.03. The van der Waals surface area contributed by atoms with Crippen molar-refractivity contribution in [1.82, 2.24) is 9.55 Å². The second kappa shape index (κ2) is 5.12. The first kappa shape index (κ1) is 11.1. The van der Waals surface area contributed by atoms with E-state index in [-0.39, 0.29) is 5.97 Å². The van der Waals surface area contributed by atoms with Gasteiger partial charge in [0.2, 0.25) is 0 Å². The highest BCUT2D eigenvalue weighted by molar-refractivity contribution is 5.86. The van der Waals surface area contributed by atoms with Crippen LogP contribution >= 0.6 is 0 Å². The van der Waals surface area contributed by atoms with E-state index in [2.05, 4.69) is 4.98 Å². The zero-order chi connectivity index (χ0) is 11.4. The van der Waals surface area contributed by atoms with Gasteiger partial charge in [-0.1, -0.05) is 0 Å². The maximum atomic E-state index is 11.4. The quantitative estimate of drug-likeness (QED) is 0.728. The lowest BCUT2D eigenvalue weighted by Gasteiger charge is -2.22. The number of nitrogens with zero attached hydrogens (tertiary/aromatic N) is 2. The molecule has 88 valence electrons. The Kier molecular flexibility index (Phi) is 3.56. The predicted octanol–water partition coefficient (Wildman–Crippen LogP) is 1.41. The highest BCUT2D eigenvalue weighted by Crippen LogP contribution is 2.20. The third kappa shape index (κ3) is 2.41. The van der Waals surface area contributed by atoms with E-state index in [0.29, 0.717) is 18.3 Å². The van der Waals surface area contributed by atoms with Crippen molar-refractivity contribution >= 4 is 5.97 Å². The molecule has 0 radical (unpaired) electrons. The van der Waals surface area contributed by atoms with Crippen molar-refractivity contribution < 1.29 is 14.3 Å². The van der Waals surface area contributed by atoms with Crippen LogP contribution in [-0.4, -0.2) is 35.3 Å². The summed E-state index contributed by atoms with van der Waals surface area (Å²) in [6.45, 7) is 3.71. The topological polar surface area (TPSA) is 53.4 Å². The fraction of sp³-hybridized carbons (Fsp3) is 0.636. The van der Waals surface area contributed by atoms with Crippen molar-refractivity contribution in [3.63, 3.8) is 0 Å². The number of aromatic nitrogens is 2. The van der Waals surface area contributed by atoms with E-state index in [4.69, 9.17) is 9.47 Å². The largest absolute Gasteiger partial charge is 0.461 e. The lowest BCUT2D eigenvalue weighted by molar-refractivity contribution is 0.0519. The van der Waals surface area contributed by atoms with E-state index >= 15 is 0 Å². The zero-order valence-electron chi connectivity index (χ0n) is 9.39. The van der Waals surface area contributed by atoms with Gasteiger partial charge in [-0.25, -0.2) is 9.78 Å². The van der Waals surface area contributed by atoms with E-state index in [1.807, 2.05) is 4.57 Å². The molecular weight excluding hydrogens is 208 g/mol. The van der Waals surface area contributed by atoms with Crippen LogP contribution in [0, 0.1) is 0 Å². The van der Waals surface area contributed by atoms with Gasteiger partial charge in [-0.05, 0) is 19.8 Å². The molecule has 1 aliphatic rings. The Morgan fingerprint density at radius 3 is 3.06 bits per heavy atom. The molecule has 0 N–H and O–H groups in total. The monoisotopic (exact) mass is 224 g/mol. The average molecular weight is 224 g/mol. The predicted molar refractivity (Wildman–Crippen MR) is 57.3 cm³/mol. The van der Waals surface area contributed by atoms with Gasteiger partial charge in [-0.3, -0.25) is 0 Å². The van der Waals surface area contributed by atoms with Gasteiger partial charge < -0.3 is 14.0 Å². The first-order valence-electron chi connectivity index (χ1n) is 5.59. The summed E-state index contributed by atoms with van der Waals surface area (Å²) in [6, 6.07) is 0.393. The molecule has 0 amide bonds. The Morgan fingerprint density at radius 2 is 2.38 bits per heavy atom. The molecule has 0 aromatic carbocycles.